The summed E-state index contributed by atoms with van der Waals surface area (Å²) in [6.45, 7) is 5.57. The molecule has 2 rings (SSSR count). The first-order valence-electron chi connectivity index (χ1n) is 7.91. The molecule has 0 heterocycles. The van der Waals surface area contributed by atoms with Crippen LogP contribution >= 0.6 is 15.9 Å². The molecule has 2 saturated carbocycles. The van der Waals surface area contributed by atoms with Crippen LogP contribution in [0.2, 0.25) is 0 Å². The van der Waals surface area contributed by atoms with Gasteiger partial charge in [-0.05, 0) is 38.0 Å². The van der Waals surface area contributed by atoms with Gasteiger partial charge >= 0.3 is 0 Å². The Hall–Kier alpha value is 0.440. The van der Waals surface area contributed by atoms with Gasteiger partial charge in [0.1, 0.15) is 0 Å². The Balaban J connectivity index is 1.78. The maximum absolute atomic E-state index is 6.22. The lowest BCUT2D eigenvalue weighted by Gasteiger charge is -2.53. The largest absolute Gasteiger partial charge is 0.378 e. The van der Waals surface area contributed by atoms with E-state index in [0.29, 0.717) is 11.5 Å². The average Bonchev–Trinajstić information content (AvgIpc) is 2.60. The van der Waals surface area contributed by atoms with E-state index in [0.717, 1.165) is 17.4 Å². The first kappa shape index (κ1) is 14.8. The second-order valence-electron chi connectivity index (χ2n) is 6.75. The molecule has 2 heteroatoms. The summed E-state index contributed by atoms with van der Waals surface area (Å²) in [6.07, 6.45) is 12.8. The van der Waals surface area contributed by atoms with Crippen molar-refractivity contribution in [1.29, 1.82) is 0 Å². The van der Waals surface area contributed by atoms with Crippen LogP contribution in [-0.2, 0) is 4.74 Å². The maximum Gasteiger partial charge on any atom is 0.0652 e. The zero-order chi connectivity index (χ0) is 13.0. The molecule has 18 heavy (non-hydrogen) atoms. The van der Waals surface area contributed by atoms with Crippen molar-refractivity contribution in [3.8, 4) is 0 Å². The Labute approximate surface area is 121 Å². The monoisotopic (exact) mass is 316 g/mol. The van der Waals surface area contributed by atoms with Crippen molar-refractivity contribution in [2.24, 2.45) is 11.3 Å². The zero-order valence-corrected chi connectivity index (χ0v) is 13.7. The standard InChI is InChI=1S/C16H29BrO/c1-13(2)8-7-11-18-15-12-14(17)16(15)9-5-3-4-6-10-16/h13-15H,3-12H2,1-2H3. The predicted octanol–water partition coefficient (Wildman–Crippen LogP) is 5.32. The third-order valence-corrected chi connectivity index (χ3v) is 6.25. The fourth-order valence-corrected chi connectivity index (χ4v) is 4.76. The molecule has 0 saturated heterocycles. The predicted molar refractivity (Wildman–Crippen MR) is 81.3 cm³/mol. The highest BCUT2D eigenvalue weighted by molar-refractivity contribution is 9.09. The van der Waals surface area contributed by atoms with Crippen molar-refractivity contribution >= 4 is 15.9 Å². The maximum atomic E-state index is 6.22. The minimum Gasteiger partial charge on any atom is -0.378 e. The number of rotatable bonds is 5. The molecular weight excluding hydrogens is 288 g/mol. The summed E-state index contributed by atoms with van der Waals surface area (Å²) >= 11 is 3.91. The third kappa shape index (κ3) is 3.30. The van der Waals surface area contributed by atoms with Gasteiger partial charge in [-0.3, -0.25) is 0 Å². The first-order chi connectivity index (χ1) is 8.65. The lowest BCUT2D eigenvalue weighted by Crippen LogP contribution is -2.55. The van der Waals surface area contributed by atoms with Crippen LogP contribution in [0.3, 0.4) is 0 Å². The van der Waals surface area contributed by atoms with Crippen molar-refractivity contribution in [1.82, 2.24) is 0 Å². The molecule has 1 spiro atoms. The Kier molecular flexibility index (Phi) is 5.56. The molecule has 2 aliphatic carbocycles. The van der Waals surface area contributed by atoms with E-state index in [4.69, 9.17) is 4.74 Å². The molecule has 0 aromatic rings. The highest BCUT2D eigenvalue weighted by Gasteiger charge is 2.53. The molecule has 0 bridgehead atoms. The summed E-state index contributed by atoms with van der Waals surface area (Å²) in [5, 5.41) is 0. The summed E-state index contributed by atoms with van der Waals surface area (Å²) in [5.74, 6) is 0.811. The molecular formula is C16H29BrO. The second kappa shape index (κ2) is 6.74. The Morgan fingerprint density at radius 1 is 1.17 bits per heavy atom. The fourth-order valence-electron chi connectivity index (χ4n) is 3.67. The molecule has 0 amide bonds. The van der Waals surface area contributed by atoms with Gasteiger partial charge in [0, 0.05) is 16.8 Å². The Bertz CT molecular complexity index is 243. The van der Waals surface area contributed by atoms with Crippen LogP contribution in [0.4, 0.5) is 0 Å². The number of hydrogen-bond acceptors (Lipinski definition) is 1. The van der Waals surface area contributed by atoms with Gasteiger partial charge in [-0.1, -0.05) is 55.5 Å². The van der Waals surface area contributed by atoms with E-state index in [1.165, 1.54) is 57.8 Å². The van der Waals surface area contributed by atoms with Crippen molar-refractivity contribution in [2.45, 2.75) is 82.6 Å². The van der Waals surface area contributed by atoms with Crippen molar-refractivity contribution in [2.75, 3.05) is 6.61 Å². The highest BCUT2D eigenvalue weighted by atomic mass is 79.9. The molecule has 0 N–H and O–H groups in total. The van der Waals surface area contributed by atoms with Crippen LogP contribution in [-0.4, -0.2) is 17.5 Å². The normalized spacial score (nSPS) is 31.3. The SMILES string of the molecule is CC(C)CCCOC1CC(Br)C12CCCCCC2. The van der Waals surface area contributed by atoms with E-state index in [2.05, 4.69) is 29.8 Å². The van der Waals surface area contributed by atoms with Crippen LogP contribution in [0.25, 0.3) is 0 Å². The van der Waals surface area contributed by atoms with Gasteiger partial charge < -0.3 is 4.74 Å². The Morgan fingerprint density at radius 2 is 1.83 bits per heavy atom. The summed E-state index contributed by atoms with van der Waals surface area (Å²) in [4.78, 5) is 0.721. The van der Waals surface area contributed by atoms with Crippen LogP contribution in [0, 0.1) is 11.3 Å². The molecule has 106 valence electrons. The van der Waals surface area contributed by atoms with E-state index in [1.807, 2.05) is 0 Å². The summed E-state index contributed by atoms with van der Waals surface area (Å²) < 4.78 is 6.22. The van der Waals surface area contributed by atoms with E-state index in [9.17, 15) is 0 Å². The summed E-state index contributed by atoms with van der Waals surface area (Å²) in [5.41, 5.74) is 0.494. The molecule has 2 aliphatic rings. The van der Waals surface area contributed by atoms with Gasteiger partial charge in [0.05, 0.1) is 6.10 Å². The Morgan fingerprint density at radius 3 is 2.39 bits per heavy atom. The van der Waals surface area contributed by atoms with Gasteiger partial charge in [-0.2, -0.15) is 0 Å². The average molecular weight is 317 g/mol. The molecule has 1 nitrogen and oxygen atoms in total. The minimum absolute atomic E-state index is 0.494. The van der Waals surface area contributed by atoms with Gasteiger partial charge in [0.2, 0.25) is 0 Å². The van der Waals surface area contributed by atoms with Crippen molar-refractivity contribution < 1.29 is 4.74 Å². The number of alkyl halides is 1. The number of halogens is 1. The zero-order valence-electron chi connectivity index (χ0n) is 12.1. The van der Waals surface area contributed by atoms with E-state index in [-0.39, 0.29) is 0 Å². The van der Waals surface area contributed by atoms with Gasteiger partial charge in [-0.15, -0.1) is 0 Å². The van der Waals surface area contributed by atoms with Crippen LogP contribution in [0.15, 0.2) is 0 Å². The lowest BCUT2D eigenvalue weighted by atomic mass is 9.61. The van der Waals surface area contributed by atoms with Gasteiger partial charge in [0.15, 0.2) is 0 Å². The summed E-state index contributed by atoms with van der Waals surface area (Å²) in [7, 11) is 0. The molecule has 0 aromatic heterocycles. The number of ether oxygens (including phenoxy) is 1. The number of hydrogen-bond donors (Lipinski definition) is 0. The summed E-state index contributed by atoms with van der Waals surface area (Å²) in [6, 6.07) is 0. The molecule has 0 aliphatic heterocycles. The quantitative estimate of drug-likeness (QED) is 0.493. The first-order valence-corrected chi connectivity index (χ1v) is 8.82. The smallest absolute Gasteiger partial charge is 0.0652 e. The van der Waals surface area contributed by atoms with Crippen molar-refractivity contribution in [3.63, 3.8) is 0 Å². The highest BCUT2D eigenvalue weighted by Crippen LogP contribution is 2.55. The minimum atomic E-state index is 0.494. The van der Waals surface area contributed by atoms with Gasteiger partial charge in [0.25, 0.3) is 0 Å². The topological polar surface area (TPSA) is 9.23 Å². The lowest BCUT2D eigenvalue weighted by molar-refractivity contribution is -0.112. The molecule has 2 unspecified atom stereocenters. The van der Waals surface area contributed by atoms with Crippen LogP contribution < -0.4 is 0 Å². The van der Waals surface area contributed by atoms with Crippen LogP contribution in [0.5, 0.6) is 0 Å². The fraction of sp³-hybridized carbons (Fsp3) is 1.00. The molecule has 2 fully saturated rings. The van der Waals surface area contributed by atoms with E-state index >= 15 is 0 Å². The second-order valence-corrected chi connectivity index (χ2v) is 7.85. The van der Waals surface area contributed by atoms with Crippen molar-refractivity contribution in [3.05, 3.63) is 0 Å². The van der Waals surface area contributed by atoms with E-state index in [1.54, 1.807) is 0 Å². The van der Waals surface area contributed by atoms with E-state index < -0.39 is 0 Å². The van der Waals surface area contributed by atoms with Crippen LogP contribution in [0.1, 0.15) is 71.6 Å². The molecule has 0 aromatic carbocycles. The third-order valence-electron chi connectivity index (χ3n) is 4.97. The van der Waals surface area contributed by atoms with Gasteiger partial charge in [-0.25, -0.2) is 0 Å². The molecule has 0 radical (unpaired) electrons. The molecule has 2 atom stereocenters.